The van der Waals surface area contributed by atoms with Crippen LogP contribution in [0.5, 0.6) is 0 Å². The Morgan fingerprint density at radius 2 is 1.93 bits per heavy atom. The minimum Gasteiger partial charge on any atom is -0.322 e. The number of rotatable bonds is 5. The monoisotopic (exact) mass is 426 g/mol. The molecule has 7 heteroatoms. The molecule has 0 aliphatic carbocycles. The first-order chi connectivity index (χ1) is 14.1. The van der Waals surface area contributed by atoms with Gasteiger partial charge in [0.15, 0.2) is 0 Å². The fourth-order valence-electron chi connectivity index (χ4n) is 3.41. The van der Waals surface area contributed by atoms with Crippen molar-refractivity contribution in [3.63, 3.8) is 0 Å². The molecule has 4 rings (SSSR count). The van der Waals surface area contributed by atoms with E-state index in [4.69, 9.17) is 11.6 Å². The molecule has 0 unspecified atom stereocenters. The van der Waals surface area contributed by atoms with Crippen molar-refractivity contribution in [2.24, 2.45) is 0 Å². The van der Waals surface area contributed by atoms with Crippen molar-refractivity contribution < 1.29 is 4.79 Å². The Labute approximate surface area is 180 Å². The molecule has 1 fully saturated rings. The molecule has 5 nitrogen and oxygen atoms in total. The first-order valence-corrected chi connectivity index (χ1v) is 11.1. The van der Waals surface area contributed by atoms with Crippen LogP contribution in [0.1, 0.15) is 21.6 Å². The Hall–Kier alpha value is -2.28. The van der Waals surface area contributed by atoms with Gasteiger partial charge in [0.1, 0.15) is 0 Å². The molecule has 1 aromatic heterocycles. The lowest BCUT2D eigenvalue weighted by atomic mass is 10.1. The number of amides is 1. The quantitative estimate of drug-likeness (QED) is 0.646. The largest absolute Gasteiger partial charge is 0.322 e. The van der Waals surface area contributed by atoms with Gasteiger partial charge in [0.2, 0.25) is 0 Å². The summed E-state index contributed by atoms with van der Waals surface area (Å²) in [6.07, 6.45) is 1.59. The molecule has 0 saturated carbocycles. The van der Waals surface area contributed by atoms with Gasteiger partial charge in [0.25, 0.3) is 5.91 Å². The topological polar surface area (TPSA) is 50.2 Å². The number of aromatic nitrogens is 2. The van der Waals surface area contributed by atoms with Crippen molar-refractivity contribution in [1.82, 2.24) is 14.7 Å². The number of carbonyl (C=O) groups is 1. The van der Waals surface area contributed by atoms with Gasteiger partial charge in [-0.3, -0.25) is 9.69 Å². The summed E-state index contributed by atoms with van der Waals surface area (Å²) in [6.45, 7) is 5.11. The van der Waals surface area contributed by atoms with Crippen molar-refractivity contribution >= 4 is 35.0 Å². The van der Waals surface area contributed by atoms with Crippen molar-refractivity contribution in [3.8, 4) is 5.69 Å². The van der Waals surface area contributed by atoms with Crippen LogP contribution in [0.3, 0.4) is 0 Å². The molecule has 1 N–H and O–H groups in total. The summed E-state index contributed by atoms with van der Waals surface area (Å²) < 4.78 is 1.72. The molecule has 0 spiro atoms. The molecule has 0 bridgehead atoms. The number of carbonyl (C=O) groups excluding carboxylic acids is 1. The zero-order valence-corrected chi connectivity index (χ0v) is 17.8. The molecule has 2 aromatic carbocycles. The van der Waals surface area contributed by atoms with Gasteiger partial charge in [0, 0.05) is 41.8 Å². The zero-order chi connectivity index (χ0) is 20.2. The minimum absolute atomic E-state index is 0.170. The van der Waals surface area contributed by atoms with E-state index < -0.39 is 0 Å². The number of thioether (sulfide) groups is 1. The maximum atomic E-state index is 12.7. The van der Waals surface area contributed by atoms with Gasteiger partial charge in [-0.05, 0) is 42.8 Å². The van der Waals surface area contributed by atoms with Crippen LogP contribution in [0.25, 0.3) is 5.69 Å². The number of hydrogen-bond acceptors (Lipinski definition) is 4. The predicted molar refractivity (Wildman–Crippen MR) is 120 cm³/mol. The summed E-state index contributed by atoms with van der Waals surface area (Å²) in [5.41, 5.74) is 4.18. The lowest BCUT2D eigenvalue weighted by Crippen LogP contribution is -2.31. The summed E-state index contributed by atoms with van der Waals surface area (Å²) in [6, 6.07) is 15.5. The van der Waals surface area contributed by atoms with E-state index in [1.54, 1.807) is 10.9 Å². The maximum Gasteiger partial charge on any atom is 0.259 e. The third-order valence-corrected chi connectivity index (χ3v) is 6.21. The standard InChI is InChI=1S/C22H23ClN4OS/c1-16-21(14-24-27(16)20-4-2-3-18(23)13-20)22(28)25-19-7-5-17(6-8-19)15-26-9-11-29-12-10-26/h2-8,13-14H,9-12,15H2,1H3,(H,25,28). The van der Waals surface area contributed by atoms with Crippen molar-refractivity contribution in [3.05, 3.63) is 76.6 Å². The fraction of sp³-hybridized carbons (Fsp3) is 0.273. The van der Waals surface area contributed by atoms with Crippen LogP contribution in [0.4, 0.5) is 5.69 Å². The number of nitrogens with one attached hydrogen (secondary N) is 1. The van der Waals surface area contributed by atoms with Crippen LogP contribution in [0, 0.1) is 6.92 Å². The Bertz CT molecular complexity index is 996. The predicted octanol–water partition coefficient (Wildman–Crippen LogP) is 4.64. The molecule has 1 saturated heterocycles. The van der Waals surface area contributed by atoms with E-state index in [0.717, 1.165) is 36.7 Å². The highest BCUT2D eigenvalue weighted by Gasteiger charge is 2.16. The molecular formula is C22H23ClN4OS. The number of anilines is 1. The smallest absolute Gasteiger partial charge is 0.259 e. The second kappa shape index (κ2) is 9.03. The van der Waals surface area contributed by atoms with Crippen LogP contribution in [-0.4, -0.2) is 45.2 Å². The van der Waals surface area contributed by atoms with Gasteiger partial charge in [-0.25, -0.2) is 4.68 Å². The van der Waals surface area contributed by atoms with Gasteiger partial charge in [-0.1, -0.05) is 29.8 Å². The van der Waals surface area contributed by atoms with Crippen LogP contribution in [-0.2, 0) is 6.54 Å². The minimum atomic E-state index is -0.170. The van der Waals surface area contributed by atoms with Gasteiger partial charge in [-0.2, -0.15) is 16.9 Å². The van der Waals surface area contributed by atoms with E-state index in [-0.39, 0.29) is 5.91 Å². The van der Waals surface area contributed by atoms with Crippen molar-refractivity contribution in [2.45, 2.75) is 13.5 Å². The molecule has 1 aliphatic heterocycles. The third-order valence-electron chi connectivity index (χ3n) is 5.03. The van der Waals surface area contributed by atoms with E-state index in [1.165, 1.54) is 17.1 Å². The fourth-order valence-corrected chi connectivity index (χ4v) is 4.57. The average Bonchev–Trinajstić information content (AvgIpc) is 3.12. The number of benzene rings is 2. The SMILES string of the molecule is Cc1c(C(=O)Nc2ccc(CN3CCSCC3)cc2)cnn1-c1cccc(Cl)c1. The highest BCUT2D eigenvalue weighted by atomic mass is 35.5. The molecule has 0 radical (unpaired) electrons. The summed E-state index contributed by atoms with van der Waals surface area (Å²) in [4.78, 5) is 15.2. The van der Waals surface area contributed by atoms with Gasteiger partial charge in [-0.15, -0.1) is 0 Å². The van der Waals surface area contributed by atoms with Crippen LogP contribution in [0.15, 0.2) is 54.7 Å². The molecule has 150 valence electrons. The highest BCUT2D eigenvalue weighted by molar-refractivity contribution is 7.99. The van der Waals surface area contributed by atoms with Gasteiger partial charge >= 0.3 is 0 Å². The molecule has 29 heavy (non-hydrogen) atoms. The van der Waals surface area contributed by atoms with Crippen LogP contribution >= 0.6 is 23.4 Å². The summed E-state index contributed by atoms with van der Waals surface area (Å²) in [5, 5.41) is 7.96. The second-order valence-electron chi connectivity index (χ2n) is 7.07. The zero-order valence-electron chi connectivity index (χ0n) is 16.3. The van der Waals surface area contributed by atoms with E-state index in [9.17, 15) is 4.79 Å². The van der Waals surface area contributed by atoms with Crippen molar-refractivity contribution in [1.29, 1.82) is 0 Å². The van der Waals surface area contributed by atoms with E-state index in [1.807, 2.05) is 55.1 Å². The number of halogens is 1. The Morgan fingerprint density at radius 1 is 1.17 bits per heavy atom. The average molecular weight is 427 g/mol. The summed E-state index contributed by atoms with van der Waals surface area (Å²) in [5.74, 6) is 2.24. The van der Waals surface area contributed by atoms with E-state index in [0.29, 0.717) is 10.6 Å². The van der Waals surface area contributed by atoms with Gasteiger partial charge in [0.05, 0.1) is 23.1 Å². The molecule has 1 aliphatic rings. The number of nitrogens with zero attached hydrogens (tertiary/aromatic N) is 3. The lowest BCUT2D eigenvalue weighted by Gasteiger charge is -2.26. The third kappa shape index (κ3) is 4.83. The second-order valence-corrected chi connectivity index (χ2v) is 8.74. The Balaban J connectivity index is 1.43. The lowest BCUT2D eigenvalue weighted by molar-refractivity contribution is 0.102. The Morgan fingerprint density at radius 3 is 2.66 bits per heavy atom. The molecule has 0 atom stereocenters. The molecule has 3 aromatic rings. The van der Waals surface area contributed by atoms with Crippen molar-refractivity contribution in [2.75, 3.05) is 29.9 Å². The van der Waals surface area contributed by atoms with Crippen LogP contribution < -0.4 is 5.32 Å². The normalized spacial score (nSPS) is 14.7. The first kappa shape index (κ1) is 20.0. The highest BCUT2D eigenvalue weighted by Crippen LogP contribution is 2.20. The first-order valence-electron chi connectivity index (χ1n) is 9.61. The Kier molecular flexibility index (Phi) is 6.23. The summed E-state index contributed by atoms with van der Waals surface area (Å²) >= 11 is 8.09. The summed E-state index contributed by atoms with van der Waals surface area (Å²) in [7, 11) is 0. The van der Waals surface area contributed by atoms with E-state index >= 15 is 0 Å². The van der Waals surface area contributed by atoms with E-state index in [2.05, 4.69) is 27.4 Å². The van der Waals surface area contributed by atoms with Crippen LogP contribution in [0.2, 0.25) is 5.02 Å². The molecule has 1 amide bonds. The maximum absolute atomic E-state index is 12.7. The number of hydrogen-bond donors (Lipinski definition) is 1. The van der Waals surface area contributed by atoms with Gasteiger partial charge < -0.3 is 5.32 Å². The molecule has 2 heterocycles. The molecular weight excluding hydrogens is 404 g/mol.